The van der Waals surface area contributed by atoms with Gasteiger partial charge in [0.25, 0.3) is 5.91 Å². The molecule has 1 amide bonds. The molecule has 0 bridgehead atoms. The van der Waals surface area contributed by atoms with Crippen molar-refractivity contribution in [2.45, 2.75) is 20.3 Å². The number of fused-ring (bicyclic) bond motifs is 1. The number of rotatable bonds is 3. The van der Waals surface area contributed by atoms with Gasteiger partial charge in [0.2, 0.25) is 0 Å². The fourth-order valence-corrected chi connectivity index (χ4v) is 3.01. The van der Waals surface area contributed by atoms with Crippen LogP contribution in [0.3, 0.4) is 0 Å². The molecule has 0 aliphatic heterocycles. The van der Waals surface area contributed by atoms with E-state index < -0.39 is 0 Å². The quantitative estimate of drug-likeness (QED) is 0.895. The smallest absolute Gasteiger partial charge is 0.261 e. The summed E-state index contributed by atoms with van der Waals surface area (Å²) in [6.07, 6.45) is 0.946. The zero-order valence-corrected chi connectivity index (χ0v) is 11.4. The van der Waals surface area contributed by atoms with Crippen LogP contribution >= 0.6 is 22.9 Å². The second-order valence-electron chi connectivity index (χ2n) is 3.95. The van der Waals surface area contributed by atoms with Crippen molar-refractivity contribution in [3.05, 3.63) is 33.7 Å². The van der Waals surface area contributed by atoms with Crippen LogP contribution in [0.4, 0.5) is 0 Å². The Hall–Kier alpha value is -1.06. The van der Waals surface area contributed by atoms with Crippen LogP contribution in [0.1, 0.15) is 28.6 Å². The molecule has 1 aromatic carbocycles. The van der Waals surface area contributed by atoms with Gasteiger partial charge in [-0.2, -0.15) is 0 Å². The summed E-state index contributed by atoms with van der Waals surface area (Å²) in [5.41, 5.74) is 1.01. The highest BCUT2D eigenvalue weighted by atomic mass is 35.5. The first-order chi connectivity index (χ1) is 8.13. The van der Waals surface area contributed by atoms with E-state index in [4.69, 9.17) is 11.6 Å². The van der Waals surface area contributed by atoms with E-state index in [9.17, 15) is 4.79 Å². The first-order valence-electron chi connectivity index (χ1n) is 5.60. The number of hydrogen-bond donors (Lipinski definition) is 1. The molecule has 0 fully saturated rings. The SMILES string of the molecule is CCCNC(=O)c1sc2ccc(Cl)cc2c1C. The molecule has 0 aliphatic rings. The van der Waals surface area contributed by atoms with Crippen molar-refractivity contribution in [3.8, 4) is 0 Å². The third-order valence-electron chi connectivity index (χ3n) is 2.64. The molecular weight excluding hydrogens is 254 g/mol. The summed E-state index contributed by atoms with van der Waals surface area (Å²) in [4.78, 5) is 12.7. The van der Waals surface area contributed by atoms with Gasteiger partial charge < -0.3 is 5.32 Å². The van der Waals surface area contributed by atoms with Gasteiger partial charge in [-0.1, -0.05) is 18.5 Å². The van der Waals surface area contributed by atoms with Crippen LogP contribution in [0, 0.1) is 6.92 Å². The average Bonchev–Trinajstić information content (AvgIpc) is 2.64. The maximum absolute atomic E-state index is 11.9. The first kappa shape index (κ1) is 12.4. The number of thiophene rings is 1. The van der Waals surface area contributed by atoms with E-state index in [1.54, 1.807) is 0 Å². The lowest BCUT2D eigenvalue weighted by atomic mass is 10.1. The van der Waals surface area contributed by atoms with Gasteiger partial charge in [0.1, 0.15) is 0 Å². The third kappa shape index (κ3) is 2.45. The van der Waals surface area contributed by atoms with Gasteiger partial charge in [-0.15, -0.1) is 11.3 Å². The van der Waals surface area contributed by atoms with E-state index in [0.717, 1.165) is 26.9 Å². The summed E-state index contributed by atoms with van der Waals surface area (Å²) >= 11 is 7.49. The number of nitrogens with one attached hydrogen (secondary N) is 1. The van der Waals surface area contributed by atoms with Gasteiger partial charge >= 0.3 is 0 Å². The fraction of sp³-hybridized carbons (Fsp3) is 0.308. The van der Waals surface area contributed by atoms with Crippen LogP contribution in [0.5, 0.6) is 0 Å². The molecule has 0 atom stereocenters. The summed E-state index contributed by atoms with van der Waals surface area (Å²) in [7, 11) is 0. The van der Waals surface area contributed by atoms with Crippen LogP contribution in [0.2, 0.25) is 5.02 Å². The molecule has 1 aromatic heterocycles. The number of amides is 1. The van der Waals surface area contributed by atoms with Crippen molar-refractivity contribution < 1.29 is 4.79 Å². The van der Waals surface area contributed by atoms with E-state index in [0.29, 0.717) is 11.6 Å². The largest absolute Gasteiger partial charge is 0.351 e. The Bertz CT molecular complexity index is 562. The molecule has 0 spiro atoms. The molecule has 90 valence electrons. The minimum Gasteiger partial charge on any atom is -0.351 e. The van der Waals surface area contributed by atoms with Gasteiger partial charge in [-0.05, 0) is 42.5 Å². The highest BCUT2D eigenvalue weighted by Crippen LogP contribution is 2.32. The zero-order chi connectivity index (χ0) is 12.4. The molecule has 1 heterocycles. The monoisotopic (exact) mass is 267 g/mol. The number of hydrogen-bond acceptors (Lipinski definition) is 2. The van der Waals surface area contributed by atoms with Crippen LogP contribution in [0.25, 0.3) is 10.1 Å². The Labute approximate surface area is 110 Å². The Morgan fingerprint density at radius 1 is 1.47 bits per heavy atom. The molecule has 0 saturated carbocycles. The van der Waals surface area contributed by atoms with Crippen LogP contribution in [-0.4, -0.2) is 12.5 Å². The minimum atomic E-state index is 0.0154. The maximum Gasteiger partial charge on any atom is 0.261 e. The van der Waals surface area contributed by atoms with Crippen molar-refractivity contribution in [2.24, 2.45) is 0 Å². The molecule has 2 nitrogen and oxygen atoms in total. The summed E-state index contributed by atoms with van der Waals surface area (Å²) < 4.78 is 1.11. The Kier molecular flexibility index (Phi) is 3.69. The first-order valence-corrected chi connectivity index (χ1v) is 6.79. The second kappa shape index (κ2) is 5.07. The minimum absolute atomic E-state index is 0.0154. The van der Waals surface area contributed by atoms with Crippen molar-refractivity contribution in [2.75, 3.05) is 6.54 Å². The number of carbonyl (C=O) groups is 1. The van der Waals surface area contributed by atoms with E-state index in [-0.39, 0.29) is 5.91 Å². The number of aryl methyl sites for hydroxylation is 1. The van der Waals surface area contributed by atoms with E-state index in [1.165, 1.54) is 11.3 Å². The normalized spacial score (nSPS) is 10.8. The lowest BCUT2D eigenvalue weighted by Gasteiger charge is -2.01. The van der Waals surface area contributed by atoms with Gasteiger partial charge in [0.15, 0.2) is 0 Å². The highest BCUT2D eigenvalue weighted by Gasteiger charge is 2.14. The van der Waals surface area contributed by atoms with Gasteiger partial charge in [-0.25, -0.2) is 0 Å². The predicted molar refractivity (Wildman–Crippen MR) is 74.2 cm³/mol. The van der Waals surface area contributed by atoms with Crippen molar-refractivity contribution in [1.82, 2.24) is 5.32 Å². The predicted octanol–water partition coefficient (Wildman–Crippen LogP) is 4.00. The fourth-order valence-electron chi connectivity index (χ4n) is 1.73. The molecule has 0 aliphatic carbocycles. The number of benzene rings is 1. The molecule has 4 heteroatoms. The molecule has 17 heavy (non-hydrogen) atoms. The molecular formula is C13H14ClNOS. The molecule has 0 unspecified atom stereocenters. The van der Waals surface area contributed by atoms with Crippen molar-refractivity contribution in [3.63, 3.8) is 0 Å². The van der Waals surface area contributed by atoms with Crippen LogP contribution in [-0.2, 0) is 0 Å². The maximum atomic E-state index is 11.9. The van der Waals surface area contributed by atoms with Crippen molar-refractivity contribution >= 4 is 38.9 Å². The summed E-state index contributed by atoms with van der Waals surface area (Å²) in [5, 5.41) is 4.68. The van der Waals surface area contributed by atoms with Gasteiger partial charge in [0, 0.05) is 16.3 Å². The van der Waals surface area contributed by atoms with E-state index in [2.05, 4.69) is 5.32 Å². The topological polar surface area (TPSA) is 29.1 Å². The van der Waals surface area contributed by atoms with Crippen molar-refractivity contribution in [1.29, 1.82) is 0 Å². The van der Waals surface area contributed by atoms with Gasteiger partial charge in [-0.3, -0.25) is 4.79 Å². The molecule has 1 N–H and O–H groups in total. The zero-order valence-electron chi connectivity index (χ0n) is 9.84. The van der Waals surface area contributed by atoms with E-state index >= 15 is 0 Å². The Morgan fingerprint density at radius 2 is 2.24 bits per heavy atom. The van der Waals surface area contributed by atoms with Crippen LogP contribution in [0.15, 0.2) is 18.2 Å². The van der Waals surface area contributed by atoms with Crippen LogP contribution < -0.4 is 5.32 Å². The highest BCUT2D eigenvalue weighted by molar-refractivity contribution is 7.21. The lowest BCUT2D eigenvalue weighted by molar-refractivity contribution is 0.0957. The Balaban J connectivity index is 2.42. The van der Waals surface area contributed by atoms with E-state index in [1.807, 2.05) is 32.0 Å². The van der Waals surface area contributed by atoms with Gasteiger partial charge in [0.05, 0.1) is 4.88 Å². The Morgan fingerprint density at radius 3 is 2.94 bits per heavy atom. The summed E-state index contributed by atoms with van der Waals surface area (Å²) in [5.74, 6) is 0.0154. The molecule has 0 saturated heterocycles. The third-order valence-corrected chi connectivity index (χ3v) is 4.15. The standard InChI is InChI=1S/C13H14ClNOS/c1-3-6-15-13(16)12-8(2)10-7-9(14)4-5-11(10)17-12/h4-5,7H,3,6H2,1-2H3,(H,15,16). The average molecular weight is 268 g/mol. The lowest BCUT2D eigenvalue weighted by Crippen LogP contribution is -2.23. The number of halogens is 1. The summed E-state index contributed by atoms with van der Waals surface area (Å²) in [6, 6.07) is 5.73. The molecule has 0 radical (unpaired) electrons. The second-order valence-corrected chi connectivity index (χ2v) is 5.44. The molecule has 2 aromatic rings. The summed E-state index contributed by atoms with van der Waals surface area (Å²) in [6.45, 7) is 4.72. The number of carbonyl (C=O) groups excluding carboxylic acids is 1. The molecule has 2 rings (SSSR count).